The first kappa shape index (κ1) is 16.7. The molecule has 0 saturated heterocycles. The quantitative estimate of drug-likeness (QED) is 0.706. The maximum Gasteiger partial charge on any atom is 0.244 e. The molecule has 7 heteroatoms. The predicted molar refractivity (Wildman–Crippen MR) is 80.1 cm³/mol. The number of sulfonamides is 1. The molecular weight excluding hydrogens is 330 g/mol. The van der Waals surface area contributed by atoms with Crippen molar-refractivity contribution in [3.63, 3.8) is 0 Å². The number of rotatable bonds is 8. The van der Waals surface area contributed by atoms with E-state index in [1.54, 1.807) is 13.8 Å². The van der Waals surface area contributed by atoms with Crippen molar-refractivity contribution in [2.24, 2.45) is 5.92 Å². The number of halogens is 1. The summed E-state index contributed by atoms with van der Waals surface area (Å²) in [7, 11) is -3.47. The normalized spacial score (nSPS) is 13.7. The first-order chi connectivity index (χ1) is 8.92. The maximum absolute atomic E-state index is 12.3. The largest absolute Gasteiger partial charge is 0.281 e. The third-order valence-electron chi connectivity index (χ3n) is 3.11. The molecule has 1 aromatic heterocycles. The van der Waals surface area contributed by atoms with Crippen molar-refractivity contribution in [3.8, 4) is 0 Å². The Bertz CT molecular complexity index is 474. The number of alkyl halides is 1. The van der Waals surface area contributed by atoms with Gasteiger partial charge < -0.3 is 0 Å². The summed E-state index contributed by atoms with van der Waals surface area (Å²) in [5, 5.41) is 7.53. The van der Waals surface area contributed by atoms with Gasteiger partial charge in [0.05, 0.1) is 11.4 Å². The molecule has 0 fully saturated rings. The van der Waals surface area contributed by atoms with E-state index in [2.05, 4.69) is 37.8 Å². The molecular formula is C12H22BrN3O2S. The SMILES string of the molecule is CCCC(CCBr)CNS(=O)(=O)c1c(C)n[nH]c1C. The molecule has 1 aromatic rings. The lowest BCUT2D eigenvalue weighted by atomic mass is 10.0. The van der Waals surface area contributed by atoms with Crippen LogP contribution < -0.4 is 4.72 Å². The van der Waals surface area contributed by atoms with Gasteiger partial charge in [0.25, 0.3) is 0 Å². The highest BCUT2D eigenvalue weighted by atomic mass is 79.9. The molecule has 0 aliphatic heterocycles. The zero-order valence-electron chi connectivity index (χ0n) is 11.7. The van der Waals surface area contributed by atoms with Crippen LogP contribution in [0.25, 0.3) is 0 Å². The van der Waals surface area contributed by atoms with Gasteiger partial charge in [-0.1, -0.05) is 29.3 Å². The molecule has 1 rings (SSSR count). The standard InChI is InChI=1S/C12H22BrN3O2S/c1-4-5-11(6-7-13)8-14-19(17,18)12-9(2)15-16-10(12)3/h11,14H,4-8H2,1-3H3,(H,15,16). The first-order valence-electron chi connectivity index (χ1n) is 6.49. The van der Waals surface area contributed by atoms with Gasteiger partial charge in [0.2, 0.25) is 10.0 Å². The van der Waals surface area contributed by atoms with Gasteiger partial charge in [-0.25, -0.2) is 13.1 Å². The van der Waals surface area contributed by atoms with E-state index in [0.29, 0.717) is 23.9 Å². The third-order valence-corrected chi connectivity index (χ3v) is 5.25. The Labute approximate surface area is 123 Å². The molecule has 0 saturated carbocycles. The van der Waals surface area contributed by atoms with E-state index >= 15 is 0 Å². The lowest BCUT2D eigenvalue weighted by Crippen LogP contribution is -2.30. The van der Waals surface area contributed by atoms with Crippen LogP contribution in [0.4, 0.5) is 0 Å². The molecule has 1 unspecified atom stereocenters. The molecule has 0 amide bonds. The molecule has 0 aliphatic rings. The van der Waals surface area contributed by atoms with Crippen molar-refractivity contribution < 1.29 is 8.42 Å². The van der Waals surface area contributed by atoms with Gasteiger partial charge in [-0.3, -0.25) is 5.10 Å². The molecule has 0 spiro atoms. The van der Waals surface area contributed by atoms with Gasteiger partial charge >= 0.3 is 0 Å². The second kappa shape index (κ2) is 7.40. The fourth-order valence-electron chi connectivity index (χ4n) is 2.15. The molecule has 0 radical (unpaired) electrons. The summed E-state index contributed by atoms with van der Waals surface area (Å²) in [6, 6.07) is 0. The van der Waals surface area contributed by atoms with Crippen LogP contribution in [0.2, 0.25) is 0 Å². The van der Waals surface area contributed by atoms with Crippen LogP contribution in [0.3, 0.4) is 0 Å². The number of aromatic nitrogens is 2. The summed E-state index contributed by atoms with van der Waals surface area (Å²) in [4.78, 5) is 0.279. The number of nitrogens with zero attached hydrogens (tertiary/aromatic N) is 1. The van der Waals surface area contributed by atoms with Crippen molar-refractivity contribution in [1.82, 2.24) is 14.9 Å². The summed E-state index contributed by atoms with van der Waals surface area (Å²) < 4.78 is 27.2. The minimum Gasteiger partial charge on any atom is -0.281 e. The van der Waals surface area contributed by atoms with Gasteiger partial charge in [0.15, 0.2) is 0 Å². The van der Waals surface area contributed by atoms with E-state index < -0.39 is 10.0 Å². The fourth-order valence-corrected chi connectivity index (χ4v) is 4.28. The van der Waals surface area contributed by atoms with Gasteiger partial charge in [-0.2, -0.15) is 5.10 Å². The van der Waals surface area contributed by atoms with Crippen LogP contribution in [-0.4, -0.2) is 30.5 Å². The minimum atomic E-state index is -3.47. The van der Waals surface area contributed by atoms with Crippen LogP contribution in [-0.2, 0) is 10.0 Å². The van der Waals surface area contributed by atoms with Crippen molar-refractivity contribution in [2.75, 3.05) is 11.9 Å². The monoisotopic (exact) mass is 351 g/mol. The van der Waals surface area contributed by atoms with Crippen LogP contribution in [0.5, 0.6) is 0 Å². The van der Waals surface area contributed by atoms with Crippen LogP contribution in [0.1, 0.15) is 37.6 Å². The number of aromatic amines is 1. The second-order valence-corrected chi connectivity index (χ2v) is 7.24. The molecule has 1 atom stereocenters. The van der Waals surface area contributed by atoms with Gasteiger partial charge in [0, 0.05) is 11.9 Å². The molecule has 5 nitrogen and oxygen atoms in total. The molecule has 110 valence electrons. The molecule has 2 N–H and O–H groups in total. The zero-order valence-corrected chi connectivity index (χ0v) is 14.1. The van der Waals surface area contributed by atoms with Crippen molar-refractivity contribution in [1.29, 1.82) is 0 Å². The molecule has 1 heterocycles. The summed E-state index contributed by atoms with van der Waals surface area (Å²) in [6.45, 7) is 6.00. The highest BCUT2D eigenvalue weighted by Crippen LogP contribution is 2.18. The molecule has 0 aromatic carbocycles. The minimum absolute atomic E-state index is 0.279. The Hall–Kier alpha value is -0.400. The predicted octanol–water partition coefficient (Wildman–Crippen LogP) is 2.51. The second-order valence-electron chi connectivity index (χ2n) is 4.75. The maximum atomic E-state index is 12.3. The number of H-pyrrole nitrogens is 1. The Morgan fingerprint density at radius 3 is 2.53 bits per heavy atom. The number of nitrogens with one attached hydrogen (secondary N) is 2. The van der Waals surface area contributed by atoms with Crippen LogP contribution >= 0.6 is 15.9 Å². The van der Waals surface area contributed by atoms with Gasteiger partial charge in [-0.05, 0) is 32.6 Å². The summed E-state index contributed by atoms with van der Waals surface area (Å²) in [5.74, 6) is 0.367. The van der Waals surface area contributed by atoms with Crippen molar-refractivity contribution in [2.45, 2.75) is 44.9 Å². The summed E-state index contributed by atoms with van der Waals surface area (Å²) in [6.07, 6.45) is 3.06. The van der Waals surface area contributed by atoms with Crippen molar-refractivity contribution >= 4 is 26.0 Å². The molecule has 0 aliphatic carbocycles. The van der Waals surface area contributed by atoms with Crippen LogP contribution in [0, 0.1) is 19.8 Å². The number of aryl methyl sites for hydroxylation is 2. The van der Waals surface area contributed by atoms with E-state index in [0.717, 1.165) is 24.6 Å². The van der Waals surface area contributed by atoms with Crippen LogP contribution in [0.15, 0.2) is 4.90 Å². The average Bonchev–Trinajstić information content (AvgIpc) is 2.67. The van der Waals surface area contributed by atoms with E-state index in [1.165, 1.54) is 0 Å². The Morgan fingerprint density at radius 2 is 2.05 bits per heavy atom. The highest BCUT2D eigenvalue weighted by molar-refractivity contribution is 9.09. The van der Waals surface area contributed by atoms with E-state index in [4.69, 9.17) is 0 Å². The number of hydrogen-bond acceptors (Lipinski definition) is 3. The Balaban J connectivity index is 2.75. The zero-order chi connectivity index (χ0) is 14.5. The topological polar surface area (TPSA) is 74.8 Å². The lowest BCUT2D eigenvalue weighted by Gasteiger charge is -2.15. The van der Waals surface area contributed by atoms with E-state index in [-0.39, 0.29) is 4.90 Å². The van der Waals surface area contributed by atoms with Crippen molar-refractivity contribution in [3.05, 3.63) is 11.4 Å². The third kappa shape index (κ3) is 4.57. The smallest absolute Gasteiger partial charge is 0.244 e. The first-order valence-corrected chi connectivity index (χ1v) is 9.10. The summed E-state index contributed by atoms with van der Waals surface area (Å²) >= 11 is 3.41. The van der Waals surface area contributed by atoms with E-state index in [9.17, 15) is 8.42 Å². The van der Waals surface area contributed by atoms with E-state index in [1.807, 2.05) is 0 Å². The molecule has 0 bridgehead atoms. The number of hydrogen-bond donors (Lipinski definition) is 2. The highest BCUT2D eigenvalue weighted by Gasteiger charge is 2.22. The Morgan fingerprint density at radius 1 is 1.37 bits per heavy atom. The van der Waals surface area contributed by atoms with Gasteiger partial charge in [0.1, 0.15) is 4.90 Å². The average molecular weight is 352 g/mol. The molecule has 19 heavy (non-hydrogen) atoms. The lowest BCUT2D eigenvalue weighted by molar-refractivity contribution is 0.459. The fraction of sp³-hybridized carbons (Fsp3) is 0.750. The Kier molecular flexibility index (Phi) is 6.49. The van der Waals surface area contributed by atoms with Gasteiger partial charge in [-0.15, -0.1) is 0 Å². The summed E-state index contributed by atoms with van der Waals surface area (Å²) in [5.41, 5.74) is 1.09.